The van der Waals surface area contributed by atoms with Crippen LogP contribution in [0, 0.1) is 0 Å². The van der Waals surface area contributed by atoms with Crippen LogP contribution in [-0.4, -0.2) is 11.6 Å². The summed E-state index contributed by atoms with van der Waals surface area (Å²) in [7, 11) is 0. The van der Waals surface area contributed by atoms with Gasteiger partial charge in [0.2, 0.25) is 0 Å². The fourth-order valence-corrected chi connectivity index (χ4v) is 2.81. The number of benzene rings is 1. The molecule has 26 heavy (non-hydrogen) atoms. The number of hydrogen-bond acceptors (Lipinski definition) is 3. The van der Waals surface area contributed by atoms with Crippen molar-refractivity contribution in [3.8, 4) is 0 Å². The van der Waals surface area contributed by atoms with Crippen LogP contribution in [0.15, 0.2) is 29.4 Å². The van der Waals surface area contributed by atoms with Gasteiger partial charge in [-0.3, -0.25) is 4.79 Å². The van der Waals surface area contributed by atoms with E-state index in [9.17, 15) is 4.79 Å². The second-order valence-corrected chi connectivity index (χ2v) is 7.96. The molecule has 0 radical (unpaired) electrons. The van der Waals surface area contributed by atoms with Gasteiger partial charge in [-0.25, -0.2) is 5.43 Å². The van der Waals surface area contributed by atoms with Gasteiger partial charge >= 0.3 is 5.91 Å². The minimum Gasteiger partial charge on any atom is -0.396 e. The Kier molecular flexibility index (Phi) is 6.17. The van der Waals surface area contributed by atoms with Crippen molar-refractivity contribution >= 4 is 52.1 Å². The van der Waals surface area contributed by atoms with Gasteiger partial charge in [0.25, 0.3) is 10.8 Å². The smallest absolute Gasteiger partial charge is 0.337 e. The number of anilines is 1. The van der Waals surface area contributed by atoms with Gasteiger partial charge in [0.15, 0.2) is 0 Å². The molecule has 0 aliphatic heterocycles. The normalized spacial score (nSPS) is 12.2. The highest BCUT2D eigenvalue weighted by Gasteiger charge is 2.26. The molecule has 8 heteroatoms. The lowest BCUT2D eigenvalue weighted by Crippen LogP contribution is -2.29. The first-order valence-corrected chi connectivity index (χ1v) is 8.96. The standard InChI is InChI=1S/C18H19Cl3N4O/c1-9(10-5-7-11(8-6-10)18(2,3)4)24-25-17(26)15-12(19)14(22)13(20)16(21)23-15/h5-8H,1-4H3,(H2,22,23)(H,25,26)/p+1/b24-9-. The maximum absolute atomic E-state index is 12.3. The summed E-state index contributed by atoms with van der Waals surface area (Å²) in [6.07, 6.45) is 0. The van der Waals surface area contributed by atoms with Gasteiger partial charge in [0.05, 0.1) is 11.4 Å². The highest BCUT2D eigenvalue weighted by molar-refractivity contribution is 6.45. The molecule has 5 nitrogen and oxygen atoms in total. The summed E-state index contributed by atoms with van der Waals surface area (Å²) in [6.45, 7) is 8.23. The van der Waals surface area contributed by atoms with Crippen molar-refractivity contribution in [2.24, 2.45) is 5.10 Å². The van der Waals surface area contributed by atoms with E-state index >= 15 is 0 Å². The number of nitrogens with zero attached hydrogens (tertiary/aromatic N) is 1. The molecule has 138 valence electrons. The Balaban J connectivity index is 2.20. The predicted molar refractivity (Wildman–Crippen MR) is 107 cm³/mol. The molecule has 1 aromatic heterocycles. The van der Waals surface area contributed by atoms with Crippen molar-refractivity contribution in [2.45, 2.75) is 33.1 Å². The monoisotopic (exact) mass is 413 g/mol. The van der Waals surface area contributed by atoms with Crippen LogP contribution >= 0.6 is 34.8 Å². The number of aromatic nitrogens is 1. The van der Waals surface area contributed by atoms with Crippen LogP contribution in [0.25, 0.3) is 0 Å². The molecule has 1 amide bonds. The summed E-state index contributed by atoms with van der Waals surface area (Å²) in [6, 6.07) is 8.00. The number of hydrazone groups is 1. The van der Waals surface area contributed by atoms with E-state index in [0.717, 1.165) is 5.56 Å². The summed E-state index contributed by atoms with van der Waals surface area (Å²) in [4.78, 5) is 14.9. The number of pyridine rings is 1. The Morgan fingerprint density at radius 3 is 2.23 bits per heavy atom. The summed E-state index contributed by atoms with van der Waals surface area (Å²) in [5.41, 5.74) is 11.0. The van der Waals surface area contributed by atoms with Crippen LogP contribution in [0.2, 0.25) is 15.2 Å². The average Bonchev–Trinajstić information content (AvgIpc) is 2.60. The third-order valence-corrected chi connectivity index (χ3v) is 5.01. The molecule has 0 unspecified atom stereocenters. The number of hydrogen-bond donors (Lipinski definition) is 2. The van der Waals surface area contributed by atoms with E-state index in [1.54, 1.807) is 6.92 Å². The Labute approximate surface area is 167 Å². The van der Waals surface area contributed by atoms with E-state index in [4.69, 9.17) is 40.5 Å². The zero-order valence-electron chi connectivity index (χ0n) is 14.9. The van der Waals surface area contributed by atoms with Gasteiger partial charge < -0.3 is 5.73 Å². The number of rotatable bonds is 3. The van der Waals surface area contributed by atoms with Gasteiger partial charge in [0, 0.05) is 0 Å². The third-order valence-electron chi connectivity index (χ3n) is 3.84. The minimum atomic E-state index is -0.578. The number of amides is 1. The number of halogens is 3. The molecular weight excluding hydrogens is 395 g/mol. The second-order valence-electron chi connectivity index (χ2n) is 6.82. The maximum Gasteiger partial charge on any atom is 0.337 e. The highest BCUT2D eigenvalue weighted by atomic mass is 35.5. The zero-order chi connectivity index (χ0) is 19.6. The van der Waals surface area contributed by atoms with Crippen LogP contribution in [0.5, 0.6) is 0 Å². The van der Waals surface area contributed by atoms with Gasteiger partial charge in [-0.15, -0.1) is 0 Å². The molecule has 4 N–H and O–H groups in total. The van der Waals surface area contributed by atoms with Gasteiger partial charge in [-0.2, -0.15) is 10.1 Å². The van der Waals surface area contributed by atoms with Crippen LogP contribution in [0.1, 0.15) is 49.3 Å². The summed E-state index contributed by atoms with van der Waals surface area (Å²) >= 11 is 17.8. The number of carbonyl (C=O) groups excluding carboxylic acids is 1. The lowest BCUT2D eigenvalue weighted by Gasteiger charge is -2.19. The van der Waals surface area contributed by atoms with E-state index in [1.165, 1.54) is 5.56 Å². The van der Waals surface area contributed by atoms with Crippen LogP contribution in [-0.2, 0) is 5.41 Å². The molecule has 2 rings (SSSR count). The Bertz CT molecular complexity index is 871. The first-order valence-electron chi connectivity index (χ1n) is 7.83. The SMILES string of the molecule is C/C(=N/NC(=O)c1[nH+]c(Cl)c(Cl)c(N)c1Cl)c1ccc(C(C)(C)C)cc1. The number of nitrogen functional groups attached to an aromatic ring is 1. The third kappa shape index (κ3) is 4.47. The topological polar surface area (TPSA) is 81.6 Å². The summed E-state index contributed by atoms with van der Waals surface area (Å²) in [5, 5.41) is 4.18. The van der Waals surface area contributed by atoms with E-state index < -0.39 is 5.91 Å². The number of aromatic amines is 1. The van der Waals surface area contributed by atoms with Gasteiger partial charge in [-0.1, -0.05) is 68.2 Å². The molecular formula is C18H20Cl3N4O+. The Morgan fingerprint density at radius 1 is 1.12 bits per heavy atom. The van der Waals surface area contributed by atoms with Crippen LogP contribution in [0.3, 0.4) is 0 Å². The molecule has 0 fully saturated rings. The fourth-order valence-electron chi connectivity index (χ4n) is 2.19. The molecule has 0 bridgehead atoms. The molecule has 0 aliphatic carbocycles. The van der Waals surface area contributed by atoms with Crippen molar-refractivity contribution in [2.75, 3.05) is 5.73 Å². The first-order chi connectivity index (χ1) is 12.0. The molecule has 1 aromatic carbocycles. The van der Waals surface area contributed by atoms with E-state index in [2.05, 4.69) is 36.3 Å². The number of nitrogens with one attached hydrogen (secondary N) is 2. The fraction of sp³-hybridized carbons (Fsp3) is 0.278. The predicted octanol–water partition coefficient (Wildman–Crippen LogP) is 4.49. The van der Waals surface area contributed by atoms with Crippen molar-refractivity contribution < 1.29 is 9.78 Å². The average molecular weight is 415 g/mol. The molecule has 0 saturated carbocycles. The molecule has 1 heterocycles. The molecule has 0 atom stereocenters. The quantitative estimate of drug-likeness (QED) is 0.440. The van der Waals surface area contributed by atoms with Crippen molar-refractivity contribution in [1.82, 2.24) is 5.43 Å². The second kappa shape index (κ2) is 7.82. The lowest BCUT2D eigenvalue weighted by atomic mass is 9.86. The minimum absolute atomic E-state index is 0.0146. The maximum atomic E-state index is 12.3. The van der Waals surface area contributed by atoms with Crippen LogP contribution < -0.4 is 16.1 Å². The Morgan fingerprint density at radius 2 is 1.69 bits per heavy atom. The zero-order valence-corrected chi connectivity index (χ0v) is 17.1. The van der Waals surface area contributed by atoms with Gasteiger partial charge in [0.1, 0.15) is 10.0 Å². The number of carbonyl (C=O) groups is 1. The summed E-state index contributed by atoms with van der Waals surface area (Å²) in [5.74, 6) is -0.578. The van der Waals surface area contributed by atoms with E-state index in [0.29, 0.717) is 5.71 Å². The van der Waals surface area contributed by atoms with Crippen molar-refractivity contribution in [3.05, 3.63) is 56.3 Å². The largest absolute Gasteiger partial charge is 0.396 e. The first kappa shape index (κ1) is 20.5. The number of H-pyrrole nitrogens is 1. The molecule has 0 aliphatic rings. The van der Waals surface area contributed by atoms with Crippen molar-refractivity contribution in [3.63, 3.8) is 0 Å². The van der Waals surface area contributed by atoms with E-state index in [-0.39, 0.29) is 32.0 Å². The van der Waals surface area contributed by atoms with Gasteiger partial charge in [-0.05, 0) is 35.1 Å². The van der Waals surface area contributed by atoms with E-state index in [1.807, 2.05) is 24.3 Å². The molecule has 2 aromatic rings. The molecule has 0 saturated heterocycles. The lowest BCUT2D eigenvalue weighted by molar-refractivity contribution is -0.379. The summed E-state index contributed by atoms with van der Waals surface area (Å²) < 4.78 is 0. The Hall–Kier alpha value is -1.82. The van der Waals surface area contributed by atoms with Crippen molar-refractivity contribution in [1.29, 1.82) is 0 Å². The van der Waals surface area contributed by atoms with Crippen LogP contribution in [0.4, 0.5) is 5.69 Å². The number of nitrogens with two attached hydrogens (primary N) is 1. The highest BCUT2D eigenvalue weighted by Crippen LogP contribution is 2.32. The molecule has 0 spiro atoms.